The van der Waals surface area contributed by atoms with Gasteiger partial charge in [0.15, 0.2) is 5.78 Å². The molecule has 29 heavy (non-hydrogen) atoms. The lowest BCUT2D eigenvalue weighted by molar-refractivity contribution is -0.128. The molecule has 2 aromatic carbocycles. The van der Waals surface area contributed by atoms with E-state index in [9.17, 15) is 9.59 Å². The van der Waals surface area contributed by atoms with Crippen molar-refractivity contribution in [2.45, 2.75) is 0 Å². The first kappa shape index (κ1) is 20.7. The topological polar surface area (TPSA) is 55.8 Å². The second-order valence-corrected chi connectivity index (χ2v) is 6.87. The number of Topliss-reactive ketones (excluding diaryl/α,β-unsaturated/α-hetero) is 1. The number of piperidine rings is 1. The van der Waals surface area contributed by atoms with Crippen LogP contribution in [0.5, 0.6) is 11.5 Å². The molecule has 1 aliphatic rings. The molecule has 0 radical (unpaired) electrons. The molecule has 150 valence electrons. The van der Waals surface area contributed by atoms with Crippen molar-refractivity contribution in [3.05, 3.63) is 70.8 Å². The van der Waals surface area contributed by atoms with E-state index in [1.807, 2.05) is 48.5 Å². The van der Waals surface area contributed by atoms with Gasteiger partial charge in [0.1, 0.15) is 17.4 Å². The molecule has 1 heterocycles. The summed E-state index contributed by atoms with van der Waals surface area (Å²) in [6.07, 6.45) is 3.61. The van der Waals surface area contributed by atoms with E-state index in [0.717, 1.165) is 22.6 Å². The van der Waals surface area contributed by atoms with Crippen LogP contribution in [0.2, 0.25) is 0 Å². The molecule has 0 spiro atoms. The predicted octanol–water partition coefficient (Wildman–Crippen LogP) is 3.82. The summed E-state index contributed by atoms with van der Waals surface area (Å²) in [7, 11) is 3.20. The van der Waals surface area contributed by atoms with E-state index in [2.05, 4.69) is 0 Å². The van der Waals surface area contributed by atoms with Gasteiger partial charge in [-0.25, -0.2) is 0 Å². The average molecular weight is 412 g/mol. The van der Waals surface area contributed by atoms with Crippen LogP contribution >= 0.6 is 11.6 Å². The van der Waals surface area contributed by atoms with E-state index in [-0.39, 0.29) is 30.7 Å². The Hall–Kier alpha value is -3.05. The van der Waals surface area contributed by atoms with Gasteiger partial charge in [-0.2, -0.15) is 0 Å². The maximum absolute atomic E-state index is 13.1. The van der Waals surface area contributed by atoms with Crippen molar-refractivity contribution >= 4 is 35.4 Å². The smallest absolute Gasteiger partial charge is 0.238 e. The van der Waals surface area contributed by atoms with Crippen molar-refractivity contribution < 1.29 is 19.1 Å². The van der Waals surface area contributed by atoms with Crippen LogP contribution in [0.25, 0.3) is 12.2 Å². The Morgan fingerprint density at radius 2 is 1.31 bits per heavy atom. The van der Waals surface area contributed by atoms with Gasteiger partial charge in [0.25, 0.3) is 0 Å². The fourth-order valence-corrected chi connectivity index (χ4v) is 3.27. The highest BCUT2D eigenvalue weighted by atomic mass is 35.5. The van der Waals surface area contributed by atoms with Gasteiger partial charge in [-0.1, -0.05) is 24.3 Å². The van der Waals surface area contributed by atoms with Crippen LogP contribution in [-0.2, 0) is 9.59 Å². The van der Waals surface area contributed by atoms with Gasteiger partial charge in [-0.05, 0) is 47.5 Å². The zero-order chi connectivity index (χ0) is 20.8. The Balaban J connectivity index is 1.94. The van der Waals surface area contributed by atoms with Crippen LogP contribution in [-0.4, -0.2) is 49.8 Å². The minimum absolute atomic E-state index is 0.0738. The summed E-state index contributed by atoms with van der Waals surface area (Å²) < 4.78 is 10.3. The number of methoxy groups -OCH3 is 2. The normalized spacial score (nSPS) is 16.9. The van der Waals surface area contributed by atoms with Gasteiger partial charge < -0.3 is 14.4 Å². The molecule has 1 saturated heterocycles. The van der Waals surface area contributed by atoms with E-state index in [0.29, 0.717) is 11.1 Å². The maximum Gasteiger partial charge on any atom is 0.238 e. The molecule has 3 rings (SSSR count). The first-order chi connectivity index (χ1) is 14.0. The molecule has 1 fully saturated rings. The van der Waals surface area contributed by atoms with Crippen molar-refractivity contribution in [1.29, 1.82) is 0 Å². The minimum atomic E-state index is -0.208. The summed E-state index contributed by atoms with van der Waals surface area (Å²) in [6, 6.07) is 14.8. The third kappa shape index (κ3) is 5.06. The van der Waals surface area contributed by atoms with E-state index < -0.39 is 0 Å². The molecule has 0 saturated carbocycles. The standard InChI is InChI=1S/C23H22ClNO4/c1-28-20-7-3-16(4-8-20)11-18-14-25(22(26)13-24)15-19(23(18)27)12-17-5-9-21(29-2)10-6-17/h3-12H,13-15H2,1-2H3/b18-11+,19-12+. The Morgan fingerprint density at radius 1 is 0.897 bits per heavy atom. The largest absolute Gasteiger partial charge is 0.497 e. The van der Waals surface area contributed by atoms with Crippen LogP contribution in [0.1, 0.15) is 11.1 Å². The highest BCUT2D eigenvalue weighted by Gasteiger charge is 2.28. The number of hydrogen-bond acceptors (Lipinski definition) is 4. The lowest BCUT2D eigenvalue weighted by Gasteiger charge is -2.29. The number of alkyl halides is 1. The number of nitrogens with zero attached hydrogens (tertiary/aromatic N) is 1. The Bertz CT molecular complexity index is 876. The van der Waals surface area contributed by atoms with Crippen molar-refractivity contribution in [2.24, 2.45) is 0 Å². The molecule has 0 bridgehead atoms. The predicted molar refractivity (Wildman–Crippen MR) is 114 cm³/mol. The molecule has 6 heteroatoms. The Kier molecular flexibility index (Phi) is 6.73. The van der Waals surface area contributed by atoms with Gasteiger partial charge in [-0.3, -0.25) is 9.59 Å². The average Bonchev–Trinajstić information content (AvgIpc) is 2.76. The molecule has 0 aromatic heterocycles. The second-order valence-electron chi connectivity index (χ2n) is 6.60. The van der Waals surface area contributed by atoms with Gasteiger partial charge in [0.2, 0.25) is 5.91 Å². The summed E-state index contributed by atoms with van der Waals surface area (Å²) in [5, 5.41) is 0. The number of hydrogen-bond donors (Lipinski definition) is 0. The first-order valence-electron chi connectivity index (χ1n) is 9.11. The third-order valence-electron chi connectivity index (χ3n) is 4.69. The summed E-state index contributed by atoms with van der Waals surface area (Å²) in [6.45, 7) is 0.465. The number of likely N-dealkylation sites (tertiary alicyclic amines) is 1. The van der Waals surface area contributed by atoms with Crippen molar-refractivity contribution in [2.75, 3.05) is 33.2 Å². The van der Waals surface area contributed by atoms with Gasteiger partial charge >= 0.3 is 0 Å². The highest BCUT2D eigenvalue weighted by Crippen LogP contribution is 2.24. The van der Waals surface area contributed by atoms with E-state index in [1.54, 1.807) is 31.3 Å². The minimum Gasteiger partial charge on any atom is -0.497 e. The fourth-order valence-electron chi connectivity index (χ4n) is 3.10. The summed E-state index contributed by atoms with van der Waals surface area (Å²) in [4.78, 5) is 26.9. The lowest BCUT2D eigenvalue weighted by atomic mass is 9.94. The van der Waals surface area contributed by atoms with E-state index in [1.165, 1.54) is 0 Å². The Morgan fingerprint density at radius 3 is 1.66 bits per heavy atom. The number of ether oxygens (including phenoxy) is 2. The van der Waals surface area contributed by atoms with Crippen LogP contribution < -0.4 is 9.47 Å². The first-order valence-corrected chi connectivity index (χ1v) is 9.65. The molecule has 0 N–H and O–H groups in total. The monoisotopic (exact) mass is 411 g/mol. The van der Waals surface area contributed by atoms with Crippen molar-refractivity contribution in [1.82, 2.24) is 4.90 Å². The fraction of sp³-hybridized carbons (Fsp3) is 0.217. The zero-order valence-electron chi connectivity index (χ0n) is 16.4. The van der Waals surface area contributed by atoms with Crippen LogP contribution in [0, 0.1) is 0 Å². The van der Waals surface area contributed by atoms with Crippen molar-refractivity contribution in [3.63, 3.8) is 0 Å². The third-order valence-corrected chi connectivity index (χ3v) is 4.91. The molecule has 2 aromatic rings. The SMILES string of the molecule is COc1ccc(/C=C2\CN(C(=O)CCl)C/C(=C\c3ccc(OC)cc3)C2=O)cc1. The number of carbonyl (C=O) groups is 2. The van der Waals surface area contributed by atoms with Gasteiger partial charge in [-0.15, -0.1) is 11.6 Å². The number of carbonyl (C=O) groups excluding carboxylic acids is 2. The summed E-state index contributed by atoms with van der Waals surface area (Å²) >= 11 is 5.76. The van der Waals surface area contributed by atoms with E-state index >= 15 is 0 Å². The summed E-state index contributed by atoms with van der Waals surface area (Å²) in [5.41, 5.74) is 2.80. The number of halogens is 1. The number of amides is 1. The zero-order valence-corrected chi connectivity index (χ0v) is 17.1. The molecule has 0 unspecified atom stereocenters. The van der Waals surface area contributed by atoms with Crippen LogP contribution in [0.15, 0.2) is 59.7 Å². The summed E-state index contributed by atoms with van der Waals surface area (Å²) in [5.74, 6) is 1.07. The molecular weight excluding hydrogens is 390 g/mol. The highest BCUT2D eigenvalue weighted by molar-refractivity contribution is 6.27. The molecule has 1 aliphatic heterocycles. The van der Waals surface area contributed by atoms with Gasteiger partial charge in [0, 0.05) is 24.2 Å². The number of ketones is 1. The van der Waals surface area contributed by atoms with Gasteiger partial charge in [0.05, 0.1) is 14.2 Å². The van der Waals surface area contributed by atoms with Crippen LogP contribution in [0.4, 0.5) is 0 Å². The quantitative estimate of drug-likeness (QED) is 0.554. The Labute approximate surface area is 175 Å². The van der Waals surface area contributed by atoms with Crippen LogP contribution in [0.3, 0.4) is 0 Å². The lowest BCUT2D eigenvalue weighted by Crippen LogP contribution is -2.42. The molecule has 1 amide bonds. The molecule has 5 nitrogen and oxygen atoms in total. The number of rotatable bonds is 5. The molecular formula is C23H22ClNO4. The van der Waals surface area contributed by atoms with Crippen molar-refractivity contribution in [3.8, 4) is 11.5 Å². The maximum atomic E-state index is 13.1. The number of benzene rings is 2. The van der Waals surface area contributed by atoms with E-state index in [4.69, 9.17) is 21.1 Å². The molecule has 0 atom stereocenters. The molecule has 0 aliphatic carbocycles. The second kappa shape index (κ2) is 9.43.